The van der Waals surface area contributed by atoms with Gasteiger partial charge in [0.15, 0.2) is 0 Å². The number of urea groups is 1. The summed E-state index contributed by atoms with van der Waals surface area (Å²) in [6.45, 7) is 3.61. The maximum Gasteiger partial charge on any atom is 0.327 e. The van der Waals surface area contributed by atoms with Crippen molar-refractivity contribution < 1.29 is 9.59 Å². The fraction of sp³-hybridized carbons (Fsp3) is 0.375. The van der Waals surface area contributed by atoms with Crippen LogP contribution in [0.15, 0.2) is 59.6 Å². The molecule has 0 aromatic heterocycles. The number of hydrogen-bond acceptors (Lipinski definition) is 5. The first-order valence-electron chi connectivity index (χ1n) is 11.2. The van der Waals surface area contributed by atoms with Crippen molar-refractivity contribution in [1.29, 1.82) is 0 Å². The van der Waals surface area contributed by atoms with Crippen LogP contribution in [-0.4, -0.2) is 72.0 Å². The van der Waals surface area contributed by atoms with Crippen LogP contribution in [0.5, 0.6) is 0 Å². The van der Waals surface area contributed by atoms with Gasteiger partial charge >= 0.3 is 6.03 Å². The predicted molar refractivity (Wildman–Crippen MR) is 123 cm³/mol. The van der Waals surface area contributed by atoms with E-state index in [-0.39, 0.29) is 18.0 Å². The lowest BCUT2D eigenvalue weighted by molar-refractivity contribution is -0.125. The number of hydrogen-bond donors (Lipinski definition) is 2. The van der Waals surface area contributed by atoms with Gasteiger partial charge in [0.05, 0.1) is 24.9 Å². The molecule has 8 heteroatoms. The molecule has 2 aromatic carbocycles. The van der Waals surface area contributed by atoms with E-state index in [2.05, 4.69) is 32.6 Å². The number of para-hydroxylation sites is 2. The Kier molecular flexibility index (Phi) is 4.43. The zero-order valence-electron chi connectivity index (χ0n) is 17.8. The lowest BCUT2D eigenvalue weighted by atomic mass is 9.85. The van der Waals surface area contributed by atoms with E-state index in [0.29, 0.717) is 13.2 Å². The summed E-state index contributed by atoms with van der Waals surface area (Å²) < 4.78 is 0. The number of amidine groups is 1. The standard InChI is InChI=1S/C24H26N6O2/c31-22-24(30(16-25-22)18-6-2-1-3-7-18)10-12-28(13-11-24)14-17-15-29-21(26-17)19-8-4-5-9-20(19)27-23(29)32/h1-9,17H,10-16H2,(H,25,31)(H,27,32). The number of aliphatic imine (C=N–C) groups is 1. The van der Waals surface area contributed by atoms with E-state index in [1.165, 1.54) is 0 Å². The van der Waals surface area contributed by atoms with Gasteiger partial charge < -0.3 is 20.4 Å². The Labute approximate surface area is 186 Å². The summed E-state index contributed by atoms with van der Waals surface area (Å²) in [5.74, 6) is 0.903. The van der Waals surface area contributed by atoms with Gasteiger partial charge in [-0.3, -0.25) is 14.7 Å². The van der Waals surface area contributed by atoms with Gasteiger partial charge in [0.25, 0.3) is 0 Å². The molecule has 6 rings (SSSR count). The average Bonchev–Trinajstić information content (AvgIpc) is 3.38. The van der Waals surface area contributed by atoms with E-state index in [1.54, 1.807) is 4.90 Å². The number of benzene rings is 2. The summed E-state index contributed by atoms with van der Waals surface area (Å²) in [4.78, 5) is 36.7. The minimum atomic E-state index is -0.476. The second-order valence-electron chi connectivity index (χ2n) is 8.95. The third-order valence-corrected chi connectivity index (χ3v) is 7.17. The molecule has 2 saturated heterocycles. The number of nitrogens with one attached hydrogen (secondary N) is 2. The number of anilines is 2. The van der Waals surface area contributed by atoms with Crippen molar-refractivity contribution in [3.63, 3.8) is 0 Å². The van der Waals surface area contributed by atoms with Crippen LogP contribution < -0.4 is 15.5 Å². The molecule has 32 heavy (non-hydrogen) atoms. The molecule has 1 atom stereocenters. The topological polar surface area (TPSA) is 80.3 Å². The van der Waals surface area contributed by atoms with Gasteiger partial charge in [0.2, 0.25) is 5.91 Å². The smallest absolute Gasteiger partial charge is 0.327 e. The zero-order valence-corrected chi connectivity index (χ0v) is 17.8. The summed E-state index contributed by atoms with van der Waals surface area (Å²) in [6, 6.07) is 17.9. The van der Waals surface area contributed by atoms with Crippen LogP contribution >= 0.6 is 0 Å². The quantitative estimate of drug-likeness (QED) is 0.782. The lowest BCUT2D eigenvalue weighted by Gasteiger charge is -2.43. The molecule has 164 valence electrons. The van der Waals surface area contributed by atoms with Crippen molar-refractivity contribution in [3.05, 3.63) is 60.2 Å². The Bertz CT molecular complexity index is 1090. The third-order valence-electron chi connectivity index (χ3n) is 7.17. The highest BCUT2D eigenvalue weighted by molar-refractivity contribution is 6.19. The molecule has 4 aliphatic rings. The van der Waals surface area contributed by atoms with Gasteiger partial charge in [-0.25, -0.2) is 4.79 Å². The number of carbonyl (C=O) groups is 2. The van der Waals surface area contributed by atoms with E-state index in [1.807, 2.05) is 42.5 Å². The van der Waals surface area contributed by atoms with Gasteiger partial charge in [0, 0.05) is 30.9 Å². The molecule has 0 aliphatic carbocycles. The number of fused-ring (bicyclic) bond motifs is 3. The van der Waals surface area contributed by atoms with Crippen molar-refractivity contribution in [1.82, 2.24) is 15.1 Å². The third kappa shape index (κ3) is 2.97. The SMILES string of the molecule is O=C1Nc2ccccc2C2=NC(CN3CCC4(CC3)C(=O)NCN4c3ccccc3)CN12. The number of nitrogens with zero attached hydrogens (tertiary/aromatic N) is 4. The van der Waals surface area contributed by atoms with Gasteiger partial charge in [-0.15, -0.1) is 0 Å². The minimum absolute atomic E-state index is 0.0404. The Morgan fingerprint density at radius 1 is 1.00 bits per heavy atom. The van der Waals surface area contributed by atoms with Crippen molar-refractivity contribution in [2.45, 2.75) is 24.4 Å². The van der Waals surface area contributed by atoms with Crippen LogP contribution in [0.25, 0.3) is 0 Å². The molecule has 2 aromatic rings. The predicted octanol–water partition coefficient (Wildman–Crippen LogP) is 2.09. The first-order chi connectivity index (χ1) is 15.6. The highest BCUT2D eigenvalue weighted by atomic mass is 16.2. The summed E-state index contributed by atoms with van der Waals surface area (Å²) in [5, 5.41) is 6.02. The molecule has 0 radical (unpaired) electrons. The molecule has 2 N–H and O–H groups in total. The van der Waals surface area contributed by atoms with Crippen molar-refractivity contribution >= 4 is 29.1 Å². The zero-order chi connectivity index (χ0) is 21.7. The number of rotatable bonds is 3. The van der Waals surface area contributed by atoms with Crippen molar-refractivity contribution in [2.24, 2.45) is 4.99 Å². The Hall–Kier alpha value is -3.39. The molecule has 1 unspecified atom stereocenters. The van der Waals surface area contributed by atoms with Crippen LogP contribution in [0, 0.1) is 0 Å². The lowest BCUT2D eigenvalue weighted by Crippen LogP contribution is -2.57. The molecular weight excluding hydrogens is 404 g/mol. The van der Waals surface area contributed by atoms with Crippen LogP contribution in [-0.2, 0) is 4.79 Å². The fourth-order valence-electron chi connectivity index (χ4n) is 5.48. The minimum Gasteiger partial charge on any atom is -0.339 e. The molecule has 1 spiro atoms. The summed E-state index contributed by atoms with van der Waals surface area (Å²) >= 11 is 0. The normalized spacial score (nSPS) is 24.1. The first kappa shape index (κ1) is 19.3. The van der Waals surface area contributed by atoms with Gasteiger partial charge in [-0.05, 0) is 37.1 Å². The number of carbonyl (C=O) groups excluding carboxylic acids is 2. The van der Waals surface area contributed by atoms with Gasteiger partial charge in [-0.2, -0.15) is 0 Å². The van der Waals surface area contributed by atoms with Gasteiger partial charge in [-0.1, -0.05) is 30.3 Å². The van der Waals surface area contributed by atoms with Gasteiger partial charge in [0.1, 0.15) is 11.4 Å². The van der Waals surface area contributed by atoms with Crippen LogP contribution in [0.2, 0.25) is 0 Å². The van der Waals surface area contributed by atoms with Crippen LogP contribution in [0.1, 0.15) is 18.4 Å². The first-order valence-corrected chi connectivity index (χ1v) is 11.2. The molecule has 4 aliphatic heterocycles. The van der Waals surface area contributed by atoms with Crippen LogP contribution in [0.4, 0.5) is 16.2 Å². The largest absolute Gasteiger partial charge is 0.339 e. The highest BCUT2D eigenvalue weighted by Gasteiger charge is 2.50. The molecule has 8 nitrogen and oxygen atoms in total. The van der Waals surface area contributed by atoms with E-state index >= 15 is 0 Å². The van der Waals surface area contributed by atoms with E-state index in [4.69, 9.17) is 4.99 Å². The maximum absolute atomic E-state index is 12.9. The number of piperidine rings is 1. The van der Waals surface area contributed by atoms with Crippen molar-refractivity contribution in [3.8, 4) is 0 Å². The Balaban J connectivity index is 1.16. The average molecular weight is 431 g/mol. The van der Waals surface area contributed by atoms with Crippen molar-refractivity contribution in [2.75, 3.05) is 43.1 Å². The molecule has 0 saturated carbocycles. The Morgan fingerprint density at radius 2 is 1.75 bits per heavy atom. The van der Waals surface area contributed by atoms with E-state index in [0.717, 1.165) is 55.2 Å². The second-order valence-corrected chi connectivity index (χ2v) is 8.95. The molecule has 3 amide bonds. The summed E-state index contributed by atoms with van der Waals surface area (Å²) in [7, 11) is 0. The number of amides is 3. The monoisotopic (exact) mass is 430 g/mol. The molecular formula is C24H26N6O2. The molecule has 2 fully saturated rings. The maximum atomic E-state index is 12.9. The summed E-state index contributed by atoms with van der Waals surface area (Å²) in [6.07, 6.45) is 1.56. The molecule has 4 heterocycles. The van der Waals surface area contributed by atoms with E-state index in [9.17, 15) is 9.59 Å². The molecule has 0 bridgehead atoms. The van der Waals surface area contributed by atoms with E-state index < -0.39 is 5.54 Å². The van der Waals surface area contributed by atoms with Crippen LogP contribution in [0.3, 0.4) is 0 Å². The fourth-order valence-corrected chi connectivity index (χ4v) is 5.48. The Morgan fingerprint density at radius 3 is 2.56 bits per heavy atom. The summed E-state index contributed by atoms with van der Waals surface area (Å²) in [5.41, 5.74) is 2.41. The number of likely N-dealkylation sites (tertiary alicyclic amines) is 1. The highest BCUT2D eigenvalue weighted by Crippen LogP contribution is 2.36. The second kappa shape index (κ2) is 7.34.